The van der Waals surface area contributed by atoms with Crippen LogP contribution < -0.4 is 0 Å². The number of nitrogens with zero attached hydrogens (tertiary/aromatic N) is 20. The zero-order valence-electron chi connectivity index (χ0n) is 75.9. The fraction of sp³-hybridized carbons (Fsp3) is 0.0849. The van der Waals surface area contributed by atoms with Gasteiger partial charge in [-0.05, 0) is 166 Å². The summed E-state index contributed by atoms with van der Waals surface area (Å²) in [6.45, 7) is 28.0. The Morgan fingerprint density at radius 2 is 0.719 bits per heavy atom. The number of benzene rings is 9. The first-order valence-corrected chi connectivity index (χ1v) is 42.9. The molecule has 0 saturated carbocycles. The second-order valence-corrected chi connectivity index (χ2v) is 32.0. The molecule has 1 N–H and O–H groups in total. The summed E-state index contributed by atoms with van der Waals surface area (Å²) >= 11 is 0. The number of carboxylic acids is 1. The average molecular weight is 2940 g/mol. The second-order valence-electron chi connectivity index (χ2n) is 29.5. The third-order valence-corrected chi connectivity index (χ3v) is 22.7. The first kappa shape index (κ1) is 113. The van der Waals surface area contributed by atoms with E-state index in [0.717, 1.165) is 81.1 Å². The molecule has 11 heterocycles. The van der Waals surface area contributed by atoms with Crippen LogP contribution in [0.3, 0.4) is 0 Å². The number of rotatable bonds is 15. The van der Waals surface area contributed by atoms with Gasteiger partial charge in [-0.25, -0.2) is 9.78 Å². The standard InChI is InChI=1S/C19H16N3.C19H17N2.C18H17N2.C12H12N8S.2C11H6F2N.C10H9N2.C6H5NO2.6Ir/c1-13-10-14(2)18(15(3)11-13)22-9-8-21-19(22)16-6-5-7-17(12-16)20-4;1-4-16-12-14(2)18(15(3)13-16)21-11-10-20-19(21)17-8-6-5-7-9-17;1-13-11-14(2)17(15(3)12-13)20-10-9-19-18(20)16-7-5-4-6-8-16;1-5-13-17(9-1)21(18-10-2-6-14-18,19-11-3-7-15-19)20-12-4-8-16-20;2*12-8-4-5-9(10(13)7-8)11-3-1-2-6-14-11;1-12-8-7-11-10(12)9-5-3-2-4-6-9;8-6(9)5-3-1-2-4-7-5;;;;;;/h5,7-12H,1-3H3;4-8,10-13H,1H2,2-3H3;4-7,9-12H,1-3H3;1-12H;2*1-4,6-7H;2-5,7-8H,1H3;1-4H,(H,8,9);;;;;;/q3*-1;;3*-1;;;;;;;. The van der Waals surface area contributed by atoms with Gasteiger partial charge in [-0.1, -0.05) is 102 Å². The minimum atomic E-state index is -2.12. The molecule has 0 spiro atoms. The van der Waals surface area contributed by atoms with Gasteiger partial charge in [0.2, 0.25) is 0 Å². The van der Waals surface area contributed by atoms with Crippen LogP contribution in [0.15, 0.2) is 355 Å². The molecule has 20 rings (SSSR count). The molecule has 22 nitrogen and oxygen atoms in total. The summed E-state index contributed by atoms with van der Waals surface area (Å²) in [5, 5.41) is 26.0. The summed E-state index contributed by atoms with van der Waals surface area (Å²) in [6.07, 6.45) is 36.1. The average Bonchev–Trinajstić information content (AvgIpc) is 1.60. The number of aromatic carboxylic acids is 1. The molecule has 11 aromatic heterocycles. The van der Waals surface area contributed by atoms with Crippen LogP contribution in [0.5, 0.6) is 0 Å². The maximum Gasteiger partial charge on any atom is 0.354 e. The second kappa shape index (κ2) is 55.4. The van der Waals surface area contributed by atoms with Gasteiger partial charge in [0.1, 0.15) is 11.4 Å². The number of hydrogen-bond donors (Lipinski definition) is 1. The summed E-state index contributed by atoms with van der Waals surface area (Å²) < 4.78 is 67.3. The zero-order chi connectivity index (χ0) is 93.8. The van der Waals surface area contributed by atoms with Gasteiger partial charge in [-0.3, -0.25) is 42.3 Å². The van der Waals surface area contributed by atoms with Gasteiger partial charge in [0.15, 0.2) is 10.8 Å². The van der Waals surface area contributed by atoms with Crippen molar-refractivity contribution in [1.82, 2.24) is 89.9 Å². The van der Waals surface area contributed by atoms with E-state index in [1.54, 1.807) is 110 Å². The van der Waals surface area contributed by atoms with E-state index in [-0.39, 0.29) is 137 Å². The quantitative estimate of drug-likeness (QED) is 0.0746. The maximum absolute atomic E-state index is 13.2. The van der Waals surface area contributed by atoms with Gasteiger partial charge in [-0.2, -0.15) is 42.8 Å². The van der Waals surface area contributed by atoms with Crippen LogP contribution >= 0.6 is 10.8 Å². The number of pyridine rings is 3. The molecule has 0 saturated heterocycles. The molecule has 0 aliphatic carbocycles. The molecular weight excluding hydrogens is 2850 g/mol. The van der Waals surface area contributed by atoms with Crippen LogP contribution in [0.25, 0.3) is 96.0 Å². The van der Waals surface area contributed by atoms with Crippen molar-refractivity contribution in [3.05, 3.63) is 482 Å². The normalized spacial score (nSPS) is 10.2. The Hall–Kier alpha value is -13.2. The molecule has 0 atom stereocenters. The molecule has 0 amide bonds. The maximum atomic E-state index is 13.2. The number of halogens is 4. The smallest absolute Gasteiger partial charge is 0.354 e. The van der Waals surface area contributed by atoms with Gasteiger partial charge in [-0.15, -0.1) is 156 Å². The molecule has 0 aliphatic rings. The van der Waals surface area contributed by atoms with Gasteiger partial charge in [0.25, 0.3) is 0 Å². The molecule has 9 aromatic carbocycles. The largest absolute Gasteiger partial charge is 0.477 e. The minimum Gasteiger partial charge on any atom is -0.477 e. The Balaban J connectivity index is 0.000000217. The summed E-state index contributed by atoms with van der Waals surface area (Å²) in [6, 6.07) is 86.2. The van der Waals surface area contributed by atoms with Crippen LogP contribution in [0.4, 0.5) is 23.2 Å². The van der Waals surface area contributed by atoms with Crippen molar-refractivity contribution in [2.24, 2.45) is 7.05 Å². The molecule has 139 heavy (non-hydrogen) atoms. The Bertz CT molecular complexity index is 6910. The van der Waals surface area contributed by atoms with E-state index in [1.807, 2.05) is 199 Å². The molecule has 20 aromatic rings. The Labute approximate surface area is 887 Å². The Morgan fingerprint density at radius 3 is 1.02 bits per heavy atom. The van der Waals surface area contributed by atoms with Crippen molar-refractivity contribution in [2.45, 2.75) is 55.4 Å². The monoisotopic (exact) mass is 2940 g/mol. The number of aryl methyl sites for hydroxylation is 9. The summed E-state index contributed by atoms with van der Waals surface area (Å²) in [7, 11) is -0.140. The predicted molar refractivity (Wildman–Crippen MR) is 511 cm³/mol. The van der Waals surface area contributed by atoms with E-state index in [0.29, 0.717) is 17.1 Å². The molecular formula is C106H88F4Ir6N20O2S-6. The number of carboxylic acid groups (broad SMARTS) is 1. The number of hydrogen-bond acceptors (Lipinski definition) is 12. The first-order valence-electron chi connectivity index (χ1n) is 41.5. The summed E-state index contributed by atoms with van der Waals surface area (Å²) in [4.78, 5) is 42.8. The molecule has 33 heteroatoms. The third kappa shape index (κ3) is 29.0. The van der Waals surface area contributed by atoms with E-state index in [1.165, 1.54) is 68.1 Å². The summed E-state index contributed by atoms with van der Waals surface area (Å²) in [5.74, 6) is 0.0392. The Kier molecular flexibility index (Phi) is 44.9. The van der Waals surface area contributed by atoms with Crippen LogP contribution in [0.1, 0.15) is 60.6 Å². The predicted octanol–water partition coefficient (Wildman–Crippen LogP) is 23.4. The van der Waals surface area contributed by atoms with E-state index in [9.17, 15) is 22.4 Å². The van der Waals surface area contributed by atoms with E-state index < -0.39 is 40.0 Å². The van der Waals surface area contributed by atoms with Gasteiger partial charge < -0.3 is 33.3 Å². The SMILES string of the molecule is C=Cc1cc(C)c(-n2ccnc2-c2[c-]cccc2)c(C)c1.Cc1cc(C)c(-n2ccnc2-c2[c-]cccc2)c(C)c1.Cn1ccnc1-c1[c-]cccc1.Fc1c[c-]c(-c2ccccn2)c(F)c1.Fc1c[c-]c(-c2ccccn2)c(F)c1.O=C(O)c1ccccn1.[C-]#[N+]c1cc[c-]c(-c2nccn2-c2c(C)cc(C)cc2C)c1.[Ir].[Ir].[Ir].[Ir].[Ir].[Ir].c1cnn(S(n2cccn2)(n2cccn2)n2cccn2)c1. The third-order valence-electron chi connectivity index (χ3n) is 19.9. The Morgan fingerprint density at radius 1 is 0.374 bits per heavy atom. The van der Waals surface area contributed by atoms with E-state index in [2.05, 4.69) is 209 Å². The van der Waals surface area contributed by atoms with Gasteiger partial charge in [0.05, 0.1) is 54.7 Å². The zero-order valence-corrected chi connectivity index (χ0v) is 91.1. The molecule has 718 valence electrons. The number of aromatic nitrogens is 19. The topological polar surface area (TPSA) is 223 Å². The molecule has 0 fully saturated rings. The van der Waals surface area contributed by atoms with Crippen molar-refractivity contribution < 1.29 is 148 Å². The van der Waals surface area contributed by atoms with Crippen molar-refractivity contribution in [3.63, 3.8) is 0 Å². The van der Waals surface area contributed by atoms with Crippen molar-refractivity contribution in [2.75, 3.05) is 0 Å². The fourth-order valence-electron chi connectivity index (χ4n) is 14.4. The molecule has 0 unspecified atom stereocenters. The van der Waals surface area contributed by atoms with E-state index in [4.69, 9.17) is 11.7 Å². The van der Waals surface area contributed by atoms with Crippen LogP contribution in [0, 0.1) is 122 Å². The fourth-order valence-corrected chi connectivity index (χ4v) is 17.1. The number of carbonyl (C=O) groups is 1. The first-order chi connectivity index (χ1) is 64.6. The van der Waals surface area contributed by atoms with Crippen molar-refractivity contribution in [3.8, 4) is 85.1 Å². The molecule has 6 radical (unpaired) electrons. The van der Waals surface area contributed by atoms with Crippen LogP contribution in [0.2, 0.25) is 0 Å². The van der Waals surface area contributed by atoms with Crippen LogP contribution in [-0.4, -0.2) is 101 Å². The number of imidazole rings is 4. The summed E-state index contributed by atoms with van der Waals surface area (Å²) in [5.41, 5.74) is 20.4. The van der Waals surface area contributed by atoms with Gasteiger partial charge >= 0.3 is 5.97 Å². The van der Waals surface area contributed by atoms with Crippen molar-refractivity contribution in [1.29, 1.82) is 0 Å². The van der Waals surface area contributed by atoms with E-state index >= 15 is 0 Å². The van der Waals surface area contributed by atoms with Crippen LogP contribution in [-0.2, 0) is 128 Å². The molecule has 0 aliphatic heterocycles. The minimum absolute atomic E-state index is 0. The van der Waals surface area contributed by atoms with Crippen molar-refractivity contribution >= 4 is 28.5 Å². The van der Waals surface area contributed by atoms with Gasteiger partial charge in [0, 0.05) is 261 Å². The molecule has 0 bridgehead atoms.